The summed E-state index contributed by atoms with van der Waals surface area (Å²) in [4.78, 5) is 11.5. The zero-order valence-electron chi connectivity index (χ0n) is 12.3. The molecule has 0 aliphatic heterocycles. The van der Waals surface area contributed by atoms with Crippen LogP contribution in [0.1, 0.15) is 18.9 Å². The normalized spacial score (nSPS) is 10.3. The molecule has 1 rings (SSSR count). The number of benzene rings is 1. The van der Waals surface area contributed by atoms with Crippen LogP contribution in [0.15, 0.2) is 24.3 Å². The number of methoxy groups -OCH3 is 1. The molecule has 0 unspecified atom stereocenters. The molecule has 20 heavy (non-hydrogen) atoms. The topological polar surface area (TPSA) is 59.6 Å². The minimum atomic E-state index is -0.113. The highest BCUT2D eigenvalue weighted by Gasteiger charge is 2.02. The highest BCUT2D eigenvalue weighted by Crippen LogP contribution is 2.12. The number of amides is 1. The van der Waals surface area contributed by atoms with Gasteiger partial charge in [0, 0.05) is 26.8 Å². The summed E-state index contributed by atoms with van der Waals surface area (Å²) in [5.41, 5.74) is 1.14. The second-order valence-electron chi connectivity index (χ2n) is 4.41. The Kier molecular flexibility index (Phi) is 8.42. The quantitative estimate of drug-likeness (QED) is 0.635. The van der Waals surface area contributed by atoms with Gasteiger partial charge in [-0.1, -0.05) is 19.1 Å². The van der Waals surface area contributed by atoms with Crippen molar-refractivity contribution < 1.29 is 14.3 Å². The predicted molar refractivity (Wildman–Crippen MR) is 78.8 cm³/mol. The Labute approximate surface area is 120 Å². The molecule has 1 amide bonds. The van der Waals surface area contributed by atoms with Crippen molar-refractivity contribution in [2.24, 2.45) is 0 Å². The van der Waals surface area contributed by atoms with Gasteiger partial charge in [-0.05, 0) is 30.7 Å². The number of rotatable bonds is 10. The van der Waals surface area contributed by atoms with Crippen molar-refractivity contribution in [1.82, 2.24) is 10.6 Å². The van der Waals surface area contributed by atoms with Gasteiger partial charge in [0.2, 0.25) is 0 Å². The van der Waals surface area contributed by atoms with Crippen LogP contribution in [-0.4, -0.2) is 39.3 Å². The standard InChI is InChI=1S/C15H24N2O3/c1-3-16-11-13-6-4-7-14(10-13)20-12-15(18)17-8-5-9-19-2/h4,6-7,10,16H,3,5,8-9,11-12H2,1-2H3,(H,17,18). The summed E-state index contributed by atoms with van der Waals surface area (Å²) in [6.07, 6.45) is 0.806. The van der Waals surface area contributed by atoms with Crippen LogP contribution in [0.4, 0.5) is 0 Å². The number of nitrogens with one attached hydrogen (secondary N) is 2. The molecule has 0 saturated heterocycles. The molecule has 0 atom stereocenters. The van der Waals surface area contributed by atoms with E-state index < -0.39 is 0 Å². The lowest BCUT2D eigenvalue weighted by molar-refractivity contribution is -0.123. The van der Waals surface area contributed by atoms with E-state index in [0.29, 0.717) is 18.9 Å². The van der Waals surface area contributed by atoms with E-state index in [4.69, 9.17) is 9.47 Å². The van der Waals surface area contributed by atoms with Crippen LogP contribution >= 0.6 is 0 Å². The first-order chi connectivity index (χ1) is 9.76. The molecule has 5 nitrogen and oxygen atoms in total. The number of hydrogen-bond donors (Lipinski definition) is 2. The number of ether oxygens (including phenoxy) is 2. The Bertz CT molecular complexity index is 396. The van der Waals surface area contributed by atoms with E-state index in [1.807, 2.05) is 24.3 Å². The van der Waals surface area contributed by atoms with E-state index in [0.717, 1.165) is 25.1 Å². The van der Waals surface area contributed by atoms with Gasteiger partial charge in [-0.2, -0.15) is 0 Å². The summed E-state index contributed by atoms with van der Waals surface area (Å²) >= 11 is 0. The van der Waals surface area contributed by atoms with E-state index in [9.17, 15) is 4.79 Å². The van der Waals surface area contributed by atoms with Gasteiger partial charge in [0.15, 0.2) is 6.61 Å². The van der Waals surface area contributed by atoms with Crippen LogP contribution in [-0.2, 0) is 16.1 Å². The second kappa shape index (κ2) is 10.2. The van der Waals surface area contributed by atoms with Crippen molar-refractivity contribution in [2.75, 3.05) is 33.4 Å². The van der Waals surface area contributed by atoms with Crippen LogP contribution < -0.4 is 15.4 Å². The highest BCUT2D eigenvalue weighted by molar-refractivity contribution is 5.77. The fraction of sp³-hybridized carbons (Fsp3) is 0.533. The first-order valence-electron chi connectivity index (χ1n) is 6.94. The summed E-state index contributed by atoms with van der Waals surface area (Å²) in [5.74, 6) is 0.602. The van der Waals surface area contributed by atoms with E-state index in [-0.39, 0.29) is 12.5 Å². The Hall–Kier alpha value is -1.59. The summed E-state index contributed by atoms with van der Waals surface area (Å²) in [6.45, 7) is 5.09. The summed E-state index contributed by atoms with van der Waals surface area (Å²) in [7, 11) is 1.64. The lowest BCUT2D eigenvalue weighted by Crippen LogP contribution is -2.30. The first kappa shape index (κ1) is 16.5. The van der Waals surface area contributed by atoms with Crippen LogP contribution in [0.2, 0.25) is 0 Å². The number of carbonyl (C=O) groups excluding carboxylic acids is 1. The third-order valence-electron chi connectivity index (χ3n) is 2.69. The molecule has 2 N–H and O–H groups in total. The number of carbonyl (C=O) groups is 1. The molecule has 0 aliphatic rings. The fourth-order valence-electron chi connectivity index (χ4n) is 1.66. The molecule has 0 spiro atoms. The molecular weight excluding hydrogens is 256 g/mol. The van der Waals surface area contributed by atoms with Gasteiger partial charge >= 0.3 is 0 Å². The zero-order chi connectivity index (χ0) is 14.6. The predicted octanol–water partition coefficient (Wildman–Crippen LogP) is 1.33. The Morgan fingerprint density at radius 2 is 2.20 bits per heavy atom. The third kappa shape index (κ3) is 7.11. The zero-order valence-corrected chi connectivity index (χ0v) is 12.3. The van der Waals surface area contributed by atoms with Crippen molar-refractivity contribution in [3.63, 3.8) is 0 Å². The summed E-state index contributed by atoms with van der Waals surface area (Å²) in [5, 5.41) is 6.03. The van der Waals surface area contributed by atoms with E-state index in [1.165, 1.54) is 0 Å². The molecule has 5 heteroatoms. The van der Waals surface area contributed by atoms with Gasteiger partial charge in [-0.25, -0.2) is 0 Å². The maximum Gasteiger partial charge on any atom is 0.257 e. The third-order valence-corrected chi connectivity index (χ3v) is 2.69. The van der Waals surface area contributed by atoms with E-state index >= 15 is 0 Å². The van der Waals surface area contributed by atoms with Crippen LogP contribution in [0.25, 0.3) is 0 Å². The monoisotopic (exact) mass is 280 g/mol. The average molecular weight is 280 g/mol. The molecule has 0 heterocycles. The van der Waals surface area contributed by atoms with Crippen molar-refractivity contribution in [3.8, 4) is 5.75 Å². The van der Waals surface area contributed by atoms with Crippen molar-refractivity contribution in [1.29, 1.82) is 0 Å². The van der Waals surface area contributed by atoms with Crippen LogP contribution in [0.5, 0.6) is 5.75 Å². The molecule has 0 aliphatic carbocycles. The Morgan fingerprint density at radius 3 is 2.95 bits per heavy atom. The highest BCUT2D eigenvalue weighted by atomic mass is 16.5. The average Bonchev–Trinajstić information content (AvgIpc) is 2.48. The smallest absolute Gasteiger partial charge is 0.257 e. The lowest BCUT2D eigenvalue weighted by atomic mass is 10.2. The SMILES string of the molecule is CCNCc1cccc(OCC(=O)NCCCOC)c1. The van der Waals surface area contributed by atoms with Gasteiger partial charge in [0.1, 0.15) is 5.75 Å². The van der Waals surface area contributed by atoms with Gasteiger partial charge in [0.25, 0.3) is 5.91 Å². The summed E-state index contributed by atoms with van der Waals surface area (Å²) < 4.78 is 10.4. The minimum absolute atomic E-state index is 0.0393. The number of hydrogen-bond acceptors (Lipinski definition) is 4. The molecule has 0 bridgehead atoms. The molecule has 0 fully saturated rings. The van der Waals surface area contributed by atoms with Gasteiger partial charge in [-0.15, -0.1) is 0 Å². The summed E-state index contributed by atoms with van der Waals surface area (Å²) in [6, 6.07) is 7.76. The fourth-order valence-corrected chi connectivity index (χ4v) is 1.66. The lowest BCUT2D eigenvalue weighted by Gasteiger charge is -2.09. The van der Waals surface area contributed by atoms with Crippen molar-refractivity contribution >= 4 is 5.91 Å². The Balaban J connectivity index is 2.28. The second-order valence-corrected chi connectivity index (χ2v) is 4.41. The van der Waals surface area contributed by atoms with Crippen molar-refractivity contribution in [3.05, 3.63) is 29.8 Å². The molecule has 112 valence electrons. The molecule has 1 aromatic carbocycles. The maximum atomic E-state index is 11.5. The Morgan fingerprint density at radius 1 is 1.35 bits per heavy atom. The maximum absolute atomic E-state index is 11.5. The van der Waals surface area contributed by atoms with Gasteiger partial charge in [0.05, 0.1) is 0 Å². The molecule has 0 aromatic heterocycles. The molecular formula is C15H24N2O3. The van der Waals surface area contributed by atoms with Crippen LogP contribution in [0.3, 0.4) is 0 Å². The molecule has 0 radical (unpaired) electrons. The van der Waals surface area contributed by atoms with Gasteiger partial charge in [-0.3, -0.25) is 4.79 Å². The van der Waals surface area contributed by atoms with Crippen molar-refractivity contribution in [2.45, 2.75) is 19.9 Å². The molecule has 1 aromatic rings. The first-order valence-corrected chi connectivity index (χ1v) is 6.94. The van der Waals surface area contributed by atoms with Gasteiger partial charge < -0.3 is 20.1 Å². The minimum Gasteiger partial charge on any atom is -0.484 e. The largest absolute Gasteiger partial charge is 0.484 e. The van der Waals surface area contributed by atoms with E-state index in [2.05, 4.69) is 17.6 Å². The van der Waals surface area contributed by atoms with E-state index in [1.54, 1.807) is 7.11 Å². The molecule has 0 saturated carbocycles. The van der Waals surface area contributed by atoms with Crippen LogP contribution in [0, 0.1) is 0 Å².